The minimum Gasteiger partial charge on any atom is -0.482 e. The Kier molecular flexibility index (Phi) is 5.88. The van der Waals surface area contributed by atoms with Crippen molar-refractivity contribution in [2.75, 3.05) is 33.8 Å². The second-order valence-electron chi connectivity index (χ2n) is 7.01. The lowest BCUT2D eigenvalue weighted by Crippen LogP contribution is -2.43. The van der Waals surface area contributed by atoms with Crippen LogP contribution in [0, 0.1) is 5.92 Å². The summed E-state index contributed by atoms with van der Waals surface area (Å²) < 4.78 is 7.62. The van der Waals surface area contributed by atoms with E-state index in [0.717, 1.165) is 19.4 Å². The predicted molar refractivity (Wildman–Crippen MR) is 98.7 cm³/mol. The van der Waals surface area contributed by atoms with Crippen molar-refractivity contribution in [1.29, 1.82) is 0 Å². The Balaban J connectivity index is 1.61. The summed E-state index contributed by atoms with van der Waals surface area (Å²) in [4.78, 5) is 24.9. The van der Waals surface area contributed by atoms with Crippen molar-refractivity contribution in [3.8, 4) is 5.75 Å². The van der Waals surface area contributed by atoms with Crippen LogP contribution in [-0.2, 0) is 11.8 Å². The molecule has 0 unspecified atom stereocenters. The summed E-state index contributed by atoms with van der Waals surface area (Å²) in [6, 6.07) is 3.86. The van der Waals surface area contributed by atoms with Crippen molar-refractivity contribution in [1.82, 2.24) is 24.3 Å². The first-order chi connectivity index (χ1) is 12.6. The number of aryl methyl sites for hydroxylation is 1. The van der Waals surface area contributed by atoms with E-state index in [9.17, 15) is 4.79 Å². The second-order valence-corrected chi connectivity index (χ2v) is 7.01. The highest BCUT2D eigenvalue weighted by Gasteiger charge is 2.33. The topological polar surface area (TPSA) is 63.5 Å². The smallest absolute Gasteiger partial charge is 0.260 e. The summed E-state index contributed by atoms with van der Waals surface area (Å²) in [5.74, 6) is 0.960. The highest BCUT2D eigenvalue weighted by atomic mass is 16.5. The SMILES string of the molecule is CN(C[C@@H]1CCCN(C)[C@H]1c1cncn1C)C(=O)COc1cccnc1. The van der Waals surface area contributed by atoms with E-state index in [1.807, 2.05) is 26.6 Å². The summed E-state index contributed by atoms with van der Waals surface area (Å²) in [6.45, 7) is 1.80. The molecule has 1 aliphatic heterocycles. The van der Waals surface area contributed by atoms with Crippen LogP contribution in [0.25, 0.3) is 0 Å². The molecular weight excluding hydrogens is 330 g/mol. The van der Waals surface area contributed by atoms with Crippen LogP contribution in [-0.4, -0.2) is 64.0 Å². The van der Waals surface area contributed by atoms with Crippen LogP contribution in [0.5, 0.6) is 5.75 Å². The Bertz CT molecular complexity index is 718. The van der Waals surface area contributed by atoms with Crippen LogP contribution in [0.15, 0.2) is 37.1 Å². The van der Waals surface area contributed by atoms with Gasteiger partial charge in [-0.25, -0.2) is 4.98 Å². The number of likely N-dealkylation sites (N-methyl/N-ethyl adjacent to an activating group) is 1. The van der Waals surface area contributed by atoms with Gasteiger partial charge in [0.2, 0.25) is 0 Å². The molecule has 1 saturated heterocycles. The third-order valence-corrected chi connectivity index (χ3v) is 5.09. The Hall–Kier alpha value is -2.41. The van der Waals surface area contributed by atoms with Gasteiger partial charge in [-0.1, -0.05) is 0 Å². The van der Waals surface area contributed by atoms with Gasteiger partial charge in [0.15, 0.2) is 6.61 Å². The number of carbonyl (C=O) groups excluding carboxylic acids is 1. The molecular formula is C19H27N5O2. The molecule has 7 heteroatoms. The number of piperidine rings is 1. The second kappa shape index (κ2) is 8.31. The molecule has 1 fully saturated rings. The van der Waals surface area contributed by atoms with Crippen LogP contribution in [0.1, 0.15) is 24.6 Å². The predicted octanol–water partition coefficient (Wildman–Crippen LogP) is 1.74. The number of rotatable bonds is 6. The Morgan fingerprint density at radius 2 is 2.19 bits per heavy atom. The number of imidazole rings is 1. The van der Waals surface area contributed by atoms with E-state index in [0.29, 0.717) is 18.2 Å². The van der Waals surface area contributed by atoms with Crippen LogP contribution in [0.3, 0.4) is 0 Å². The van der Waals surface area contributed by atoms with Gasteiger partial charge in [0.25, 0.3) is 5.91 Å². The maximum Gasteiger partial charge on any atom is 0.260 e. The minimum atomic E-state index is -0.0224. The standard InChI is InChI=1S/C19H27N5O2/c1-22-9-5-6-15(19(22)17-11-21-14-24(17)3)12-23(2)18(25)13-26-16-7-4-8-20-10-16/h4,7-8,10-11,14-15,19H,5-6,9,12-13H2,1-3H3/t15-,19+/m0/s1. The number of pyridine rings is 1. The Labute approximate surface area is 154 Å². The zero-order valence-corrected chi connectivity index (χ0v) is 15.7. The van der Waals surface area contributed by atoms with E-state index in [1.165, 1.54) is 5.69 Å². The van der Waals surface area contributed by atoms with Crippen molar-refractivity contribution in [2.45, 2.75) is 18.9 Å². The van der Waals surface area contributed by atoms with Crippen molar-refractivity contribution >= 4 is 5.91 Å². The Morgan fingerprint density at radius 3 is 2.88 bits per heavy atom. The maximum absolute atomic E-state index is 12.5. The van der Waals surface area contributed by atoms with Gasteiger partial charge in [0.05, 0.1) is 24.3 Å². The van der Waals surface area contributed by atoms with Gasteiger partial charge in [-0.05, 0) is 44.5 Å². The molecule has 1 aliphatic rings. The van der Waals surface area contributed by atoms with Gasteiger partial charge in [-0.15, -0.1) is 0 Å². The number of likely N-dealkylation sites (tertiary alicyclic amines) is 1. The molecule has 7 nitrogen and oxygen atoms in total. The zero-order chi connectivity index (χ0) is 18.5. The number of aromatic nitrogens is 3. The quantitative estimate of drug-likeness (QED) is 0.788. The average molecular weight is 357 g/mol. The van der Waals surface area contributed by atoms with E-state index in [-0.39, 0.29) is 18.6 Å². The summed E-state index contributed by atoms with van der Waals surface area (Å²) >= 11 is 0. The lowest BCUT2D eigenvalue weighted by molar-refractivity contribution is -0.133. The highest BCUT2D eigenvalue weighted by molar-refractivity contribution is 5.77. The van der Waals surface area contributed by atoms with Crippen LogP contribution in [0.2, 0.25) is 0 Å². The number of carbonyl (C=O) groups is 1. The molecule has 0 N–H and O–H groups in total. The van der Waals surface area contributed by atoms with Gasteiger partial charge in [-0.2, -0.15) is 0 Å². The van der Waals surface area contributed by atoms with Crippen molar-refractivity contribution < 1.29 is 9.53 Å². The van der Waals surface area contributed by atoms with Crippen LogP contribution < -0.4 is 4.74 Å². The van der Waals surface area contributed by atoms with Gasteiger partial charge >= 0.3 is 0 Å². The number of nitrogens with zero attached hydrogens (tertiary/aromatic N) is 5. The fourth-order valence-electron chi connectivity index (χ4n) is 3.71. The zero-order valence-electron chi connectivity index (χ0n) is 15.7. The molecule has 2 aromatic rings. The fraction of sp³-hybridized carbons (Fsp3) is 0.526. The molecule has 0 saturated carbocycles. The maximum atomic E-state index is 12.5. The third-order valence-electron chi connectivity index (χ3n) is 5.09. The number of amides is 1. The first-order valence-corrected chi connectivity index (χ1v) is 8.99. The average Bonchev–Trinajstić information content (AvgIpc) is 3.06. The molecule has 0 aliphatic carbocycles. The number of hydrogen-bond acceptors (Lipinski definition) is 5. The van der Waals surface area contributed by atoms with E-state index in [1.54, 1.807) is 29.4 Å². The molecule has 2 atom stereocenters. The minimum absolute atomic E-state index is 0.0224. The summed E-state index contributed by atoms with van der Waals surface area (Å²) in [7, 11) is 6.03. The lowest BCUT2D eigenvalue weighted by Gasteiger charge is -2.40. The van der Waals surface area contributed by atoms with E-state index in [2.05, 4.69) is 26.5 Å². The molecule has 0 aromatic carbocycles. The number of ether oxygens (including phenoxy) is 1. The molecule has 26 heavy (non-hydrogen) atoms. The highest BCUT2D eigenvalue weighted by Crippen LogP contribution is 2.35. The fourth-order valence-corrected chi connectivity index (χ4v) is 3.71. The summed E-state index contributed by atoms with van der Waals surface area (Å²) in [5.41, 5.74) is 1.20. The molecule has 3 heterocycles. The molecule has 140 valence electrons. The molecule has 0 bridgehead atoms. The normalized spacial score (nSPS) is 20.7. The van der Waals surface area contributed by atoms with Crippen LogP contribution in [0.4, 0.5) is 0 Å². The third kappa shape index (κ3) is 4.22. The van der Waals surface area contributed by atoms with E-state index < -0.39 is 0 Å². The first kappa shape index (κ1) is 18.4. The lowest BCUT2D eigenvalue weighted by atomic mass is 9.87. The van der Waals surface area contributed by atoms with Gasteiger partial charge in [0, 0.05) is 33.0 Å². The molecule has 0 radical (unpaired) electrons. The molecule has 0 spiro atoms. The molecule has 2 aromatic heterocycles. The first-order valence-electron chi connectivity index (χ1n) is 8.99. The molecule has 1 amide bonds. The summed E-state index contributed by atoms with van der Waals surface area (Å²) in [6.07, 6.45) is 9.31. The van der Waals surface area contributed by atoms with Gasteiger partial charge in [0.1, 0.15) is 5.75 Å². The monoisotopic (exact) mass is 357 g/mol. The van der Waals surface area contributed by atoms with Crippen LogP contribution >= 0.6 is 0 Å². The van der Waals surface area contributed by atoms with Crippen molar-refractivity contribution in [2.24, 2.45) is 13.0 Å². The van der Waals surface area contributed by atoms with Crippen molar-refractivity contribution in [3.63, 3.8) is 0 Å². The van der Waals surface area contributed by atoms with Gasteiger partial charge in [-0.3, -0.25) is 14.7 Å². The number of hydrogen-bond donors (Lipinski definition) is 0. The summed E-state index contributed by atoms with van der Waals surface area (Å²) in [5, 5.41) is 0. The Morgan fingerprint density at radius 1 is 1.35 bits per heavy atom. The molecule has 3 rings (SSSR count). The van der Waals surface area contributed by atoms with Crippen molar-refractivity contribution in [3.05, 3.63) is 42.7 Å². The van der Waals surface area contributed by atoms with E-state index in [4.69, 9.17) is 4.74 Å². The van der Waals surface area contributed by atoms with Gasteiger partial charge < -0.3 is 14.2 Å². The van der Waals surface area contributed by atoms with E-state index >= 15 is 0 Å². The largest absolute Gasteiger partial charge is 0.482 e.